The Morgan fingerprint density at radius 2 is 1.48 bits per heavy atom. The van der Waals surface area contributed by atoms with Gasteiger partial charge in [-0.1, -0.05) is 48.5 Å². The number of piperidine rings is 2. The Labute approximate surface area is 170 Å². The minimum atomic E-state index is -0.246. The number of nitrogens with two attached hydrogens (primary N) is 1. The standard InChI is InChI=1S/C24H26N2O3/c25-23(27)15-12-16-6-5-7-17(13-15)26(16)24(28)29-14-22-20-10-3-1-8-18(20)19-9-2-4-11-21(19)22/h1-4,8-11,15-17,22H,5-7,12-14H2,(H2,25,27). The molecule has 2 saturated heterocycles. The zero-order valence-electron chi connectivity index (χ0n) is 16.4. The molecule has 2 amide bonds. The first-order valence-electron chi connectivity index (χ1n) is 10.6. The van der Waals surface area contributed by atoms with Gasteiger partial charge in [-0.2, -0.15) is 0 Å². The molecule has 0 spiro atoms. The molecular weight excluding hydrogens is 364 g/mol. The van der Waals surface area contributed by atoms with Crippen LogP contribution in [0.15, 0.2) is 48.5 Å². The summed E-state index contributed by atoms with van der Waals surface area (Å²) in [6.07, 6.45) is 4.01. The van der Waals surface area contributed by atoms with Crippen LogP contribution in [-0.4, -0.2) is 35.6 Å². The lowest BCUT2D eigenvalue weighted by Gasteiger charge is -2.47. The van der Waals surface area contributed by atoms with E-state index in [1.165, 1.54) is 22.3 Å². The number of hydrogen-bond donors (Lipinski definition) is 1. The average molecular weight is 390 g/mol. The number of carbonyl (C=O) groups is 2. The zero-order chi connectivity index (χ0) is 20.0. The van der Waals surface area contributed by atoms with Gasteiger partial charge in [-0.3, -0.25) is 4.79 Å². The van der Waals surface area contributed by atoms with Crippen LogP contribution in [0.1, 0.15) is 49.1 Å². The summed E-state index contributed by atoms with van der Waals surface area (Å²) in [6.45, 7) is 0.335. The van der Waals surface area contributed by atoms with E-state index in [-0.39, 0.29) is 35.9 Å². The van der Waals surface area contributed by atoms with E-state index >= 15 is 0 Å². The van der Waals surface area contributed by atoms with Crippen LogP contribution in [-0.2, 0) is 9.53 Å². The van der Waals surface area contributed by atoms with Crippen molar-refractivity contribution in [1.29, 1.82) is 0 Å². The van der Waals surface area contributed by atoms with Crippen molar-refractivity contribution >= 4 is 12.0 Å². The van der Waals surface area contributed by atoms with Crippen molar-refractivity contribution in [3.05, 3.63) is 59.7 Å². The second kappa shape index (κ2) is 7.21. The van der Waals surface area contributed by atoms with Crippen molar-refractivity contribution in [2.45, 2.75) is 50.1 Å². The monoisotopic (exact) mass is 390 g/mol. The van der Waals surface area contributed by atoms with E-state index < -0.39 is 0 Å². The molecule has 3 aliphatic rings. The van der Waals surface area contributed by atoms with Gasteiger partial charge in [0.25, 0.3) is 0 Å². The highest BCUT2D eigenvalue weighted by Crippen LogP contribution is 2.45. The molecule has 2 bridgehead atoms. The molecule has 5 rings (SSSR count). The average Bonchev–Trinajstić information content (AvgIpc) is 3.05. The Kier molecular flexibility index (Phi) is 4.53. The Morgan fingerprint density at radius 3 is 2.03 bits per heavy atom. The molecule has 2 aromatic carbocycles. The molecule has 2 heterocycles. The molecule has 2 aromatic rings. The SMILES string of the molecule is NC(=O)C1CC2CCCC(C1)N2C(=O)OCC1c2ccccc2-c2ccccc21. The van der Waals surface area contributed by atoms with Gasteiger partial charge >= 0.3 is 6.09 Å². The summed E-state index contributed by atoms with van der Waals surface area (Å²) in [4.78, 5) is 26.6. The fourth-order valence-corrected chi connectivity index (χ4v) is 5.58. The topological polar surface area (TPSA) is 72.6 Å². The van der Waals surface area contributed by atoms with Gasteiger partial charge in [-0.25, -0.2) is 4.79 Å². The lowest BCUT2D eigenvalue weighted by atomic mass is 9.78. The summed E-state index contributed by atoms with van der Waals surface area (Å²) in [5.41, 5.74) is 10.4. The third-order valence-electron chi connectivity index (χ3n) is 6.92. The molecular formula is C24H26N2O3. The quantitative estimate of drug-likeness (QED) is 0.859. The van der Waals surface area contributed by atoms with Gasteiger partial charge in [0.1, 0.15) is 6.61 Å². The van der Waals surface area contributed by atoms with Crippen molar-refractivity contribution in [3.63, 3.8) is 0 Å². The Balaban J connectivity index is 1.33. The van der Waals surface area contributed by atoms with Crippen molar-refractivity contribution < 1.29 is 14.3 Å². The molecule has 2 aliphatic heterocycles. The predicted molar refractivity (Wildman–Crippen MR) is 110 cm³/mol. The second-order valence-electron chi connectivity index (χ2n) is 8.52. The van der Waals surface area contributed by atoms with E-state index in [9.17, 15) is 9.59 Å². The van der Waals surface area contributed by atoms with Crippen molar-refractivity contribution in [2.75, 3.05) is 6.61 Å². The minimum Gasteiger partial charge on any atom is -0.448 e. The highest BCUT2D eigenvalue weighted by atomic mass is 16.6. The normalized spacial score (nSPS) is 25.2. The maximum Gasteiger partial charge on any atom is 0.410 e. The zero-order valence-corrected chi connectivity index (χ0v) is 16.4. The molecule has 2 fully saturated rings. The van der Waals surface area contributed by atoms with Gasteiger partial charge in [-0.05, 0) is 54.4 Å². The highest BCUT2D eigenvalue weighted by Gasteiger charge is 2.43. The third-order valence-corrected chi connectivity index (χ3v) is 6.92. The molecule has 0 aromatic heterocycles. The van der Waals surface area contributed by atoms with Crippen LogP contribution in [0, 0.1) is 5.92 Å². The highest BCUT2D eigenvalue weighted by molar-refractivity contribution is 5.79. The number of fused-ring (bicyclic) bond motifs is 5. The van der Waals surface area contributed by atoms with Gasteiger partial charge in [0.05, 0.1) is 0 Å². The number of hydrogen-bond acceptors (Lipinski definition) is 3. The van der Waals surface area contributed by atoms with Crippen LogP contribution in [0.2, 0.25) is 0 Å². The van der Waals surface area contributed by atoms with E-state index in [0.29, 0.717) is 19.4 Å². The number of amides is 2. The molecule has 2 N–H and O–H groups in total. The third kappa shape index (κ3) is 3.09. The maximum absolute atomic E-state index is 13.1. The smallest absolute Gasteiger partial charge is 0.410 e. The molecule has 5 nitrogen and oxygen atoms in total. The van der Waals surface area contributed by atoms with Gasteiger partial charge in [-0.15, -0.1) is 0 Å². The number of ether oxygens (including phenoxy) is 1. The number of nitrogens with zero attached hydrogens (tertiary/aromatic N) is 1. The van der Waals surface area contributed by atoms with Crippen LogP contribution in [0.4, 0.5) is 4.79 Å². The number of carbonyl (C=O) groups excluding carboxylic acids is 2. The van der Waals surface area contributed by atoms with Gasteiger partial charge in [0.2, 0.25) is 5.91 Å². The number of rotatable bonds is 3. The molecule has 150 valence electrons. The molecule has 0 saturated carbocycles. The first kappa shape index (κ1) is 18.2. The van der Waals surface area contributed by atoms with E-state index in [1.54, 1.807) is 0 Å². The summed E-state index contributed by atoms with van der Waals surface area (Å²) >= 11 is 0. The van der Waals surface area contributed by atoms with Crippen molar-refractivity contribution in [3.8, 4) is 11.1 Å². The van der Waals surface area contributed by atoms with E-state index in [4.69, 9.17) is 10.5 Å². The van der Waals surface area contributed by atoms with Crippen LogP contribution >= 0.6 is 0 Å². The minimum absolute atomic E-state index is 0.0642. The van der Waals surface area contributed by atoms with Crippen LogP contribution < -0.4 is 5.73 Å². The fraction of sp³-hybridized carbons (Fsp3) is 0.417. The molecule has 1 aliphatic carbocycles. The fourth-order valence-electron chi connectivity index (χ4n) is 5.58. The lowest BCUT2D eigenvalue weighted by molar-refractivity contribution is -0.125. The Morgan fingerprint density at radius 1 is 0.931 bits per heavy atom. The van der Waals surface area contributed by atoms with Crippen molar-refractivity contribution in [2.24, 2.45) is 11.7 Å². The van der Waals surface area contributed by atoms with E-state index in [0.717, 1.165) is 19.3 Å². The largest absolute Gasteiger partial charge is 0.448 e. The predicted octanol–water partition coefficient (Wildman–Crippen LogP) is 4.05. The number of benzene rings is 2. The van der Waals surface area contributed by atoms with Gasteiger partial charge in [0, 0.05) is 23.9 Å². The Hall–Kier alpha value is -2.82. The summed E-state index contributed by atoms with van der Waals surface area (Å²) in [5.74, 6) is -0.300. The Bertz CT molecular complexity index is 897. The first-order valence-corrected chi connectivity index (χ1v) is 10.6. The van der Waals surface area contributed by atoms with Crippen LogP contribution in [0.3, 0.4) is 0 Å². The van der Waals surface area contributed by atoms with Crippen LogP contribution in [0.25, 0.3) is 11.1 Å². The maximum atomic E-state index is 13.1. The lowest BCUT2D eigenvalue weighted by Crippen LogP contribution is -2.56. The summed E-state index contributed by atoms with van der Waals surface area (Å²) in [6, 6.07) is 16.8. The van der Waals surface area contributed by atoms with E-state index in [1.807, 2.05) is 29.2 Å². The number of primary amides is 1. The molecule has 2 unspecified atom stereocenters. The van der Waals surface area contributed by atoms with Crippen molar-refractivity contribution in [1.82, 2.24) is 4.90 Å². The van der Waals surface area contributed by atoms with E-state index in [2.05, 4.69) is 24.3 Å². The summed E-state index contributed by atoms with van der Waals surface area (Å²) in [7, 11) is 0. The molecule has 2 atom stereocenters. The van der Waals surface area contributed by atoms with Crippen LogP contribution in [0.5, 0.6) is 0 Å². The molecule has 29 heavy (non-hydrogen) atoms. The second-order valence-corrected chi connectivity index (χ2v) is 8.52. The summed E-state index contributed by atoms with van der Waals surface area (Å²) < 4.78 is 5.88. The van der Waals surface area contributed by atoms with Gasteiger partial charge < -0.3 is 15.4 Å². The first-order chi connectivity index (χ1) is 14.1. The molecule has 5 heteroatoms. The van der Waals surface area contributed by atoms with Gasteiger partial charge in [0.15, 0.2) is 0 Å². The summed E-state index contributed by atoms with van der Waals surface area (Å²) in [5, 5.41) is 0. The molecule has 0 radical (unpaired) electrons.